The van der Waals surface area contributed by atoms with E-state index < -0.39 is 10.8 Å². The highest BCUT2D eigenvalue weighted by Crippen LogP contribution is 2.11. The van der Waals surface area contributed by atoms with Gasteiger partial charge in [-0.05, 0) is 32.9 Å². The number of benzene rings is 1. The lowest BCUT2D eigenvalue weighted by atomic mass is 10.1. The van der Waals surface area contributed by atoms with E-state index >= 15 is 0 Å². The fourth-order valence-electron chi connectivity index (χ4n) is 2.09. The summed E-state index contributed by atoms with van der Waals surface area (Å²) in [6, 6.07) is 6.42. The van der Waals surface area contributed by atoms with Crippen LogP contribution in [0.3, 0.4) is 0 Å². The summed E-state index contributed by atoms with van der Waals surface area (Å²) in [7, 11) is 0.949. The van der Waals surface area contributed by atoms with Crippen LogP contribution in [0.15, 0.2) is 18.2 Å². The van der Waals surface area contributed by atoms with E-state index in [1.54, 1.807) is 0 Å². The summed E-state index contributed by atoms with van der Waals surface area (Å²) in [5, 5.41) is 12.0. The summed E-state index contributed by atoms with van der Waals surface area (Å²) in [5.41, 5.74) is 3.55. The molecule has 2 unspecified atom stereocenters. The molecule has 0 spiro atoms. The lowest BCUT2D eigenvalue weighted by Gasteiger charge is -2.14. The van der Waals surface area contributed by atoms with Crippen molar-refractivity contribution < 1.29 is 9.32 Å². The zero-order valence-corrected chi connectivity index (χ0v) is 12.2. The second-order valence-corrected chi connectivity index (χ2v) is 6.25. The number of aliphatic hydroxyl groups excluding tert-OH is 1. The van der Waals surface area contributed by atoms with Crippen LogP contribution in [0.25, 0.3) is 0 Å². The first-order valence-corrected chi connectivity index (χ1v) is 7.74. The minimum Gasteiger partial charge on any atom is -0.396 e. The van der Waals surface area contributed by atoms with E-state index in [1.807, 2.05) is 7.05 Å². The van der Waals surface area contributed by atoms with Crippen molar-refractivity contribution in [3.8, 4) is 0 Å². The zero-order chi connectivity index (χ0) is 13.5. The van der Waals surface area contributed by atoms with Gasteiger partial charge in [-0.25, -0.2) is 0 Å². The molecule has 0 aromatic heterocycles. The van der Waals surface area contributed by atoms with Crippen molar-refractivity contribution >= 4 is 10.8 Å². The van der Waals surface area contributed by atoms with Crippen molar-refractivity contribution in [2.24, 2.45) is 0 Å². The molecule has 0 bridgehead atoms. The number of rotatable bonds is 7. The Bertz CT molecular complexity index is 387. The van der Waals surface area contributed by atoms with E-state index in [9.17, 15) is 4.21 Å². The van der Waals surface area contributed by atoms with E-state index in [4.69, 9.17) is 5.11 Å². The Morgan fingerprint density at radius 2 is 1.89 bits per heavy atom. The van der Waals surface area contributed by atoms with Crippen LogP contribution in [0.1, 0.15) is 23.1 Å². The minimum absolute atomic E-state index is 0.127. The van der Waals surface area contributed by atoms with Crippen LogP contribution in [0.2, 0.25) is 0 Å². The van der Waals surface area contributed by atoms with Gasteiger partial charge in [-0.2, -0.15) is 0 Å². The van der Waals surface area contributed by atoms with Crippen molar-refractivity contribution in [3.63, 3.8) is 0 Å². The summed E-state index contributed by atoms with van der Waals surface area (Å²) in [6.45, 7) is 4.25. The summed E-state index contributed by atoms with van der Waals surface area (Å²) < 4.78 is 12.1. The maximum atomic E-state index is 12.1. The molecule has 1 aromatic rings. The Kier molecular flexibility index (Phi) is 6.54. The third-order valence-electron chi connectivity index (χ3n) is 2.88. The molecule has 102 valence electrons. The maximum absolute atomic E-state index is 12.1. The molecule has 0 saturated carbocycles. The SMILES string of the molecule is CNC(CCO)CS(=O)Cc1cc(C)cc(C)c1. The number of nitrogens with one attached hydrogen (secondary N) is 1. The first kappa shape index (κ1) is 15.3. The van der Waals surface area contributed by atoms with E-state index in [1.165, 1.54) is 11.1 Å². The van der Waals surface area contributed by atoms with Crippen molar-refractivity contribution in [1.82, 2.24) is 5.32 Å². The van der Waals surface area contributed by atoms with E-state index in [0.717, 1.165) is 5.56 Å². The molecule has 0 amide bonds. The van der Waals surface area contributed by atoms with Gasteiger partial charge in [-0.1, -0.05) is 29.3 Å². The summed E-state index contributed by atoms with van der Waals surface area (Å²) in [5.74, 6) is 1.18. The molecule has 0 fully saturated rings. The highest BCUT2D eigenvalue weighted by atomic mass is 32.2. The molecule has 0 aliphatic heterocycles. The fraction of sp³-hybridized carbons (Fsp3) is 0.571. The first-order valence-electron chi connectivity index (χ1n) is 6.25. The molecule has 1 rings (SSSR count). The van der Waals surface area contributed by atoms with Crippen molar-refractivity contribution in [2.45, 2.75) is 32.1 Å². The molecule has 0 aliphatic rings. The van der Waals surface area contributed by atoms with E-state index in [0.29, 0.717) is 17.9 Å². The summed E-state index contributed by atoms with van der Waals surface area (Å²) in [6.07, 6.45) is 0.648. The van der Waals surface area contributed by atoms with E-state index in [-0.39, 0.29) is 12.6 Å². The Morgan fingerprint density at radius 1 is 1.28 bits per heavy atom. The predicted molar refractivity (Wildman–Crippen MR) is 77.2 cm³/mol. The molecule has 0 aliphatic carbocycles. The molecule has 0 saturated heterocycles. The van der Waals surface area contributed by atoms with Crippen LogP contribution in [0.5, 0.6) is 0 Å². The number of aryl methyl sites for hydroxylation is 2. The van der Waals surface area contributed by atoms with E-state index in [2.05, 4.69) is 37.4 Å². The molecule has 18 heavy (non-hydrogen) atoms. The summed E-state index contributed by atoms with van der Waals surface area (Å²) >= 11 is 0. The second-order valence-electron chi connectivity index (χ2n) is 4.74. The van der Waals surface area contributed by atoms with Gasteiger partial charge in [0.25, 0.3) is 0 Å². The van der Waals surface area contributed by atoms with Crippen LogP contribution in [0.4, 0.5) is 0 Å². The quantitative estimate of drug-likeness (QED) is 0.789. The molecule has 4 heteroatoms. The van der Waals surface area contributed by atoms with Gasteiger partial charge in [-0.15, -0.1) is 0 Å². The third-order valence-corrected chi connectivity index (χ3v) is 4.31. The molecule has 0 heterocycles. The van der Waals surface area contributed by atoms with Crippen LogP contribution >= 0.6 is 0 Å². The monoisotopic (exact) mass is 269 g/mol. The van der Waals surface area contributed by atoms with Gasteiger partial charge in [0, 0.05) is 35.0 Å². The zero-order valence-electron chi connectivity index (χ0n) is 11.4. The molecular weight excluding hydrogens is 246 g/mol. The van der Waals surface area contributed by atoms with Gasteiger partial charge in [0.15, 0.2) is 0 Å². The highest BCUT2D eigenvalue weighted by Gasteiger charge is 2.11. The number of hydrogen-bond acceptors (Lipinski definition) is 3. The maximum Gasteiger partial charge on any atom is 0.0486 e. The molecule has 2 N–H and O–H groups in total. The molecule has 3 nitrogen and oxygen atoms in total. The number of hydrogen-bond donors (Lipinski definition) is 2. The van der Waals surface area contributed by atoms with Crippen LogP contribution < -0.4 is 5.32 Å². The lowest BCUT2D eigenvalue weighted by Crippen LogP contribution is -2.32. The Balaban J connectivity index is 2.58. The first-order chi connectivity index (χ1) is 8.55. The van der Waals surface area contributed by atoms with Gasteiger partial charge in [0.05, 0.1) is 0 Å². The average molecular weight is 269 g/mol. The molecule has 2 atom stereocenters. The van der Waals surface area contributed by atoms with Crippen molar-refractivity contribution in [1.29, 1.82) is 0 Å². The third kappa shape index (κ3) is 5.29. The predicted octanol–water partition coefficient (Wildman–Crippen LogP) is 1.52. The van der Waals surface area contributed by atoms with Gasteiger partial charge >= 0.3 is 0 Å². The molecule has 0 radical (unpaired) electrons. The Morgan fingerprint density at radius 3 is 2.39 bits per heavy atom. The molecule has 1 aromatic carbocycles. The number of aliphatic hydroxyl groups is 1. The summed E-state index contributed by atoms with van der Waals surface area (Å²) in [4.78, 5) is 0. The molecular formula is C14H23NO2S. The van der Waals surface area contributed by atoms with Gasteiger partial charge in [-0.3, -0.25) is 4.21 Å². The topological polar surface area (TPSA) is 49.3 Å². The second kappa shape index (κ2) is 7.67. The highest BCUT2D eigenvalue weighted by molar-refractivity contribution is 7.84. The van der Waals surface area contributed by atoms with Crippen molar-refractivity contribution in [2.75, 3.05) is 19.4 Å². The minimum atomic E-state index is -0.893. The van der Waals surface area contributed by atoms with Gasteiger partial charge in [0.2, 0.25) is 0 Å². The average Bonchev–Trinajstić information content (AvgIpc) is 2.26. The Labute approximate surface area is 112 Å². The standard InChI is InChI=1S/C14H23NO2S/c1-11-6-12(2)8-13(7-11)9-18(17)10-14(15-3)4-5-16/h6-8,14-16H,4-5,9-10H2,1-3H3. The lowest BCUT2D eigenvalue weighted by molar-refractivity contribution is 0.272. The Hall–Kier alpha value is -0.710. The smallest absolute Gasteiger partial charge is 0.0486 e. The van der Waals surface area contributed by atoms with Crippen LogP contribution in [-0.4, -0.2) is 34.8 Å². The van der Waals surface area contributed by atoms with Gasteiger partial charge in [0.1, 0.15) is 0 Å². The van der Waals surface area contributed by atoms with Gasteiger partial charge < -0.3 is 10.4 Å². The van der Waals surface area contributed by atoms with Crippen LogP contribution in [-0.2, 0) is 16.6 Å². The fourth-order valence-corrected chi connectivity index (χ4v) is 3.53. The normalized spacial score (nSPS) is 14.4. The van der Waals surface area contributed by atoms with Crippen molar-refractivity contribution in [3.05, 3.63) is 34.9 Å². The largest absolute Gasteiger partial charge is 0.396 e. The van der Waals surface area contributed by atoms with Crippen LogP contribution in [0, 0.1) is 13.8 Å².